The summed E-state index contributed by atoms with van der Waals surface area (Å²) in [5, 5.41) is 11.9. The van der Waals surface area contributed by atoms with E-state index in [1.165, 1.54) is 0 Å². The van der Waals surface area contributed by atoms with E-state index in [9.17, 15) is 4.79 Å². The molecule has 0 bridgehead atoms. The van der Waals surface area contributed by atoms with Crippen molar-refractivity contribution < 1.29 is 13.7 Å². The van der Waals surface area contributed by atoms with Crippen LogP contribution in [0.3, 0.4) is 0 Å². The minimum Gasteiger partial charge on any atom is -0.466 e. The Morgan fingerprint density at radius 3 is 2.72 bits per heavy atom. The van der Waals surface area contributed by atoms with Gasteiger partial charge in [-0.25, -0.2) is 9.67 Å². The Morgan fingerprint density at radius 2 is 2.03 bits per heavy atom. The number of aromatic nitrogens is 4. The summed E-state index contributed by atoms with van der Waals surface area (Å²) in [6, 6.07) is 5.43. The highest BCUT2D eigenvalue weighted by atomic mass is 16.5. The predicted molar refractivity (Wildman–Crippen MR) is 109 cm³/mol. The lowest BCUT2D eigenvalue weighted by Gasteiger charge is -2.11. The summed E-state index contributed by atoms with van der Waals surface area (Å²) in [7, 11) is 0. The van der Waals surface area contributed by atoms with E-state index in [2.05, 4.69) is 34.4 Å². The average molecular weight is 393 g/mol. The van der Waals surface area contributed by atoms with Gasteiger partial charge in [-0.05, 0) is 38.8 Å². The third-order valence-electron chi connectivity index (χ3n) is 4.67. The Kier molecular flexibility index (Phi) is 4.70. The van der Waals surface area contributed by atoms with Gasteiger partial charge in [0, 0.05) is 18.2 Å². The quantitative estimate of drug-likeness (QED) is 0.535. The molecule has 0 fully saturated rings. The summed E-state index contributed by atoms with van der Waals surface area (Å²) < 4.78 is 12.8. The number of anilines is 1. The summed E-state index contributed by atoms with van der Waals surface area (Å²) in [5.74, 6) is 2.27. The highest BCUT2D eigenvalue weighted by molar-refractivity contribution is 6.12. The molecule has 0 aliphatic heterocycles. The normalized spacial score (nSPS) is 11.5. The molecule has 4 heterocycles. The maximum absolute atomic E-state index is 13.2. The molecule has 0 spiro atoms. The van der Waals surface area contributed by atoms with Crippen LogP contribution in [0.4, 0.5) is 5.82 Å². The van der Waals surface area contributed by atoms with Crippen molar-refractivity contribution in [1.82, 2.24) is 19.9 Å². The molecule has 4 rings (SSSR count). The van der Waals surface area contributed by atoms with Crippen molar-refractivity contribution in [2.24, 2.45) is 5.92 Å². The number of rotatable bonds is 5. The third kappa shape index (κ3) is 3.53. The maximum atomic E-state index is 13.2. The van der Waals surface area contributed by atoms with Crippen LogP contribution in [0.5, 0.6) is 0 Å². The molecule has 0 saturated carbocycles. The lowest BCUT2D eigenvalue weighted by atomic mass is 10.1. The van der Waals surface area contributed by atoms with Gasteiger partial charge in [-0.2, -0.15) is 5.10 Å². The first-order valence-corrected chi connectivity index (χ1v) is 9.51. The van der Waals surface area contributed by atoms with Crippen LogP contribution in [0.25, 0.3) is 22.4 Å². The van der Waals surface area contributed by atoms with E-state index in [-0.39, 0.29) is 5.91 Å². The van der Waals surface area contributed by atoms with Gasteiger partial charge in [0.15, 0.2) is 0 Å². The second-order valence-corrected chi connectivity index (χ2v) is 7.58. The number of carbonyl (C=O) groups is 1. The SMILES string of the molecule is Cc1cc(-c2cc(C(=O)Nc3ccnn3CC(C)C)c3c(C)noc3n2)c(C)o1. The molecule has 0 radical (unpaired) electrons. The number of carbonyl (C=O) groups excluding carboxylic acids is 1. The van der Waals surface area contributed by atoms with Crippen LogP contribution < -0.4 is 5.32 Å². The Hall–Kier alpha value is -3.42. The molecule has 4 aromatic heterocycles. The number of fused-ring (bicyclic) bond motifs is 1. The topological polar surface area (TPSA) is 99.0 Å². The van der Waals surface area contributed by atoms with Crippen LogP contribution >= 0.6 is 0 Å². The summed E-state index contributed by atoms with van der Waals surface area (Å²) in [5.41, 5.74) is 2.79. The van der Waals surface area contributed by atoms with E-state index in [4.69, 9.17) is 8.94 Å². The predicted octanol–water partition coefficient (Wildman–Crippen LogP) is 4.51. The summed E-state index contributed by atoms with van der Waals surface area (Å²) in [6.07, 6.45) is 1.67. The Labute approximate surface area is 167 Å². The van der Waals surface area contributed by atoms with Crippen LogP contribution in [0, 0.1) is 26.7 Å². The number of aryl methyl sites for hydroxylation is 3. The van der Waals surface area contributed by atoms with Gasteiger partial charge in [0.2, 0.25) is 0 Å². The highest BCUT2D eigenvalue weighted by Gasteiger charge is 2.22. The zero-order chi connectivity index (χ0) is 20.7. The van der Waals surface area contributed by atoms with E-state index < -0.39 is 0 Å². The Morgan fingerprint density at radius 1 is 1.24 bits per heavy atom. The number of hydrogen-bond donors (Lipinski definition) is 1. The van der Waals surface area contributed by atoms with Gasteiger partial charge in [0.25, 0.3) is 11.6 Å². The molecular weight excluding hydrogens is 370 g/mol. The van der Waals surface area contributed by atoms with Crippen molar-refractivity contribution >= 4 is 22.8 Å². The fourth-order valence-electron chi connectivity index (χ4n) is 3.41. The lowest BCUT2D eigenvalue weighted by molar-refractivity contribution is 0.102. The van der Waals surface area contributed by atoms with E-state index in [1.54, 1.807) is 29.9 Å². The fourth-order valence-corrected chi connectivity index (χ4v) is 3.41. The minimum atomic E-state index is -0.270. The molecule has 29 heavy (non-hydrogen) atoms. The highest BCUT2D eigenvalue weighted by Crippen LogP contribution is 2.30. The minimum absolute atomic E-state index is 0.270. The standard InChI is InChI=1S/C21H23N5O3/c1-11(2)10-26-18(6-7-22-26)24-20(27)16-9-17(15-8-12(3)28-14(15)5)23-21-19(16)13(4)25-29-21/h6-9,11H,10H2,1-5H3,(H,24,27). The first-order valence-electron chi connectivity index (χ1n) is 9.51. The Bertz CT molecular complexity index is 1200. The monoisotopic (exact) mass is 393 g/mol. The first-order chi connectivity index (χ1) is 13.8. The zero-order valence-electron chi connectivity index (χ0n) is 17.1. The molecule has 1 N–H and O–H groups in total. The van der Waals surface area contributed by atoms with Gasteiger partial charge in [-0.3, -0.25) is 4.79 Å². The molecule has 150 valence electrons. The maximum Gasteiger partial charge on any atom is 0.259 e. The lowest BCUT2D eigenvalue weighted by Crippen LogP contribution is -2.18. The molecule has 0 saturated heterocycles. The number of nitrogens with zero attached hydrogens (tertiary/aromatic N) is 4. The molecule has 1 amide bonds. The smallest absolute Gasteiger partial charge is 0.259 e. The van der Waals surface area contributed by atoms with Crippen molar-refractivity contribution in [1.29, 1.82) is 0 Å². The van der Waals surface area contributed by atoms with Gasteiger partial charge in [-0.1, -0.05) is 19.0 Å². The molecule has 0 atom stereocenters. The van der Waals surface area contributed by atoms with Crippen LogP contribution in [0.15, 0.2) is 33.3 Å². The van der Waals surface area contributed by atoms with E-state index >= 15 is 0 Å². The second kappa shape index (κ2) is 7.20. The van der Waals surface area contributed by atoms with Crippen molar-refractivity contribution in [2.75, 3.05) is 5.32 Å². The molecule has 0 aromatic carbocycles. The van der Waals surface area contributed by atoms with Gasteiger partial charge < -0.3 is 14.3 Å². The second-order valence-electron chi connectivity index (χ2n) is 7.58. The van der Waals surface area contributed by atoms with E-state index in [0.717, 1.165) is 17.1 Å². The molecular formula is C21H23N5O3. The average Bonchev–Trinajstić information content (AvgIpc) is 3.34. The molecule has 8 heteroatoms. The summed E-state index contributed by atoms with van der Waals surface area (Å²) in [6.45, 7) is 10.4. The van der Waals surface area contributed by atoms with Gasteiger partial charge in [0.1, 0.15) is 17.3 Å². The number of hydrogen-bond acceptors (Lipinski definition) is 6. The molecule has 0 aliphatic carbocycles. The number of amides is 1. The number of nitrogens with one attached hydrogen (secondary N) is 1. The van der Waals surface area contributed by atoms with Crippen LogP contribution in [-0.2, 0) is 6.54 Å². The van der Waals surface area contributed by atoms with Gasteiger partial charge >= 0.3 is 0 Å². The van der Waals surface area contributed by atoms with Crippen LogP contribution in [0.2, 0.25) is 0 Å². The van der Waals surface area contributed by atoms with Crippen LogP contribution in [-0.4, -0.2) is 25.8 Å². The number of furan rings is 1. The van der Waals surface area contributed by atoms with Crippen molar-refractivity contribution in [2.45, 2.75) is 41.2 Å². The van der Waals surface area contributed by atoms with E-state index in [0.29, 0.717) is 46.3 Å². The summed E-state index contributed by atoms with van der Waals surface area (Å²) in [4.78, 5) is 17.8. The summed E-state index contributed by atoms with van der Waals surface area (Å²) >= 11 is 0. The largest absolute Gasteiger partial charge is 0.466 e. The molecule has 0 unspecified atom stereocenters. The third-order valence-corrected chi connectivity index (χ3v) is 4.67. The first kappa shape index (κ1) is 18.9. The van der Waals surface area contributed by atoms with Crippen molar-refractivity contribution in [3.05, 3.63) is 47.2 Å². The van der Waals surface area contributed by atoms with Gasteiger partial charge in [-0.15, -0.1) is 0 Å². The number of pyridine rings is 1. The van der Waals surface area contributed by atoms with Crippen molar-refractivity contribution in [3.63, 3.8) is 0 Å². The zero-order valence-corrected chi connectivity index (χ0v) is 17.1. The molecule has 8 nitrogen and oxygen atoms in total. The van der Waals surface area contributed by atoms with Crippen LogP contribution in [0.1, 0.15) is 41.4 Å². The van der Waals surface area contributed by atoms with Crippen molar-refractivity contribution in [3.8, 4) is 11.3 Å². The van der Waals surface area contributed by atoms with Gasteiger partial charge in [0.05, 0.1) is 28.5 Å². The molecule has 4 aromatic rings. The van der Waals surface area contributed by atoms with E-state index in [1.807, 2.05) is 19.9 Å². The Balaban J connectivity index is 1.78. The molecule has 0 aliphatic rings. The fraction of sp³-hybridized carbons (Fsp3) is 0.333.